The van der Waals surface area contributed by atoms with Gasteiger partial charge in [-0.3, -0.25) is 0 Å². The van der Waals surface area contributed by atoms with E-state index in [9.17, 15) is 0 Å². The molecular formula is C66H38B7N. The Morgan fingerprint density at radius 3 is 0.892 bits per heavy atom. The van der Waals surface area contributed by atoms with Crippen molar-refractivity contribution in [2.75, 3.05) is 4.90 Å². The minimum absolute atomic E-state index is 0.139. The van der Waals surface area contributed by atoms with Crippen LogP contribution in [0.25, 0.3) is 44.2 Å². The highest BCUT2D eigenvalue weighted by molar-refractivity contribution is 6.72. The summed E-state index contributed by atoms with van der Waals surface area (Å²) in [6.07, 6.45) is 0. The van der Waals surface area contributed by atoms with Gasteiger partial charge in [-0.05, 0) is 125 Å². The molecule has 0 saturated carbocycles. The second kappa shape index (κ2) is 17.6. The molecule has 2 aliphatic rings. The van der Waals surface area contributed by atoms with Gasteiger partial charge >= 0.3 is 0 Å². The molecule has 8 heteroatoms. The molecule has 0 amide bonds. The average molecular weight is 921 g/mol. The predicted molar refractivity (Wildman–Crippen MR) is 316 cm³/mol. The lowest BCUT2D eigenvalue weighted by Gasteiger charge is -2.35. The zero-order valence-electron chi connectivity index (χ0n) is 40.4. The van der Waals surface area contributed by atoms with Crippen LogP contribution < -0.4 is 43.1 Å². The van der Waals surface area contributed by atoms with Crippen LogP contribution >= 0.6 is 0 Å². The third kappa shape index (κ3) is 6.46. The highest BCUT2D eigenvalue weighted by Crippen LogP contribution is 2.58. The summed E-state index contributed by atoms with van der Waals surface area (Å²) >= 11 is 0. The highest BCUT2D eigenvalue weighted by Gasteiger charge is 2.47. The zero-order valence-corrected chi connectivity index (χ0v) is 40.4. The van der Waals surface area contributed by atoms with E-state index in [4.69, 9.17) is 54.9 Å². The van der Waals surface area contributed by atoms with E-state index in [0.29, 0.717) is 21.8 Å². The van der Waals surface area contributed by atoms with E-state index in [1.807, 2.05) is 12.1 Å². The lowest BCUT2D eigenvalue weighted by molar-refractivity contribution is 0.768. The normalized spacial score (nSPS) is 13.5. The molecule has 2 aliphatic carbocycles. The van der Waals surface area contributed by atoms with Crippen molar-refractivity contribution < 1.29 is 0 Å². The molecule has 74 heavy (non-hydrogen) atoms. The van der Waals surface area contributed by atoms with Crippen molar-refractivity contribution in [1.82, 2.24) is 0 Å². The van der Waals surface area contributed by atoms with Gasteiger partial charge in [0.2, 0.25) is 0 Å². The van der Waals surface area contributed by atoms with Gasteiger partial charge in [0.25, 0.3) is 0 Å². The Balaban J connectivity index is 0.990. The predicted octanol–water partition coefficient (Wildman–Crippen LogP) is 8.26. The van der Waals surface area contributed by atoms with Crippen molar-refractivity contribution in [1.29, 1.82) is 0 Å². The van der Waals surface area contributed by atoms with E-state index >= 15 is 0 Å². The smallest absolute Gasteiger partial charge is 0.115 e. The molecule has 0 saturated heterocycles. The quantitative estimate of drug-likeness (QED) is 0.139. The zero-order chi connectivity index (χ0) is 50.5. The number of benzene rings is 11. The van der Waals surface area contributed by atoms with Crippen LogP contribution in [-0.4, -0.2) is 54.9 Å². The van der Waals surface area contributed by atoms with Crippen LogP contribution in [0.3, 0.4) is 0 Å². The van der Waals surface area contributed by atoms with Crippen molar-refractivity contribution in [3.8, 4) is 33.4 Å². The standard InChI is InChI=1S/C66H38B7N/c67-58-55(59(68)60(69)57-56(58)61(70)63(72)64(73)62(57)71)39-27-33-44(34-28-39)74(45-35-29-42(30-36-45)65(40-15-3-1-4-16-40)51-23-11-7-19-47(51)48-20-8-12-24-52(48)65)46-37-31-43(32-38-46)66(41-17-5-2-6-18-41)53-25-13-9-21-49(53)50-22-10-14-26-54(50)66/h1-38H. The Bertz CT molecular complexity index is 3750. The molecule has 328 valence electrons. The Hall–Kier alpha value is -8.07. The molecule has 0 spiro atoms. The first-order chi connectivity index (χ1) is 36.1. The lowest BCUT2D eigenvalue weighted by atomic mass is 9.58. The Morgan fingerprint density at radius 2 is 0.527 bits per heavy atom. The molecule has 0 heterocycles. The minimum atomic E-state index is -0.549. The van der Waals surface area contributed by atoms with Crippen LogP contribution in [0.5, 0.6) is 0 Å². The summed E-state index contributed by atoms with van der Waals surface area (Å²) in [6.45, 7) is 0. The summed E-state index contributed by atoms with van der Waals surface area (Å²) in [5.41, 5.74) is 19.2. The third-order valence-corrected chi connectivity index (χ3v) is 15.9. The van der Waals surface area contributed by atoms with Crippen molar-refractivity contribution >= 4 is 121 Å². The van der Waals surface area contributed by atoms with Crippen LogP contribution in [0.2, 0.25) is 0 Å². The summed E-state index contributed by atoms with van der Waals surface area (Å²) in [5, 5.41) is 0.809. The number of rotatable bonds is 8. The van der Waals surface area contributed by atoms with Gasteiger partial charge in [-0.1, -0.05) is 221 Å². The molecule has 13 rings (SSSR count). The second-order valence-corrected chi connectivity index (χ2v) is 19.4. The fraction of sp³-hybridized carbons (Fsp3) is 0.0303. The van der Waals surface area contributed by atoms with Crippen LogP contribution in [-0.2, 0) is 10.8 Å². The van der Waals surface area contributed by atoms with E-state index in [1.165, 1.54) is 66.8 Å². The first-order valence-electron chi connectivity index (χ1n) is 24.8. The number of hydrogen-bond acceptors (Lipinski definition) is 1. The minimum Gasteiger partial charge on any atom is -0.311 e. The molecule has 11 aromatic carbocycles. The number of hydrogen-bond donors (Lipinski definition) is 0. The largest absolute Gasteiger partial charge is 0.311 e. The molecule has 14 radical (unpaired) electrons. The second-order valence-electron chi connectivity index (χ2n) is 19.4. The molecule has 0 N–H and O–H groups in total. The summed E-state index contributed by atoms with van der Waals surface area (Å²) < 4.78 is 0. The van der Waals surface area contributed by atoms with Gasteiger partial charge in [0.05, 0.1) is 10.8 Å². The van der Waals surface area contributed by atoms with Gasteiger partial charge in [0.1, 0.15) is 54.9 Å². The van der Waals surface area contributed by atoms with Crippen molar-refractivity contribution in [3.63, 3.8) is 0 Å². The number of anilines is 3. The molecule has 0 fully saturated rings. The molecule has 0 aliphatic heterocycles. The van der Waals surface area contributed by atoms with Crippen LogP contribution in [0.4, 0.5) is 17.1 Å². The van der Waals surface area contributed by atoms with Crippen LogP contribution in [0.1, 0.15) is 44.5 Å². The maximum Gasteiger partial charge on any atom is 0.115 e. The Kier molecular flexibility index (Phi) is 10.9. The Labute approximate surface area is 442 Å². The van der Waals surface area contributed by atoms with Gasteiger partial charge in [-0.15, -0.1) is 10.9 Å². The third-order valence-electron chi connectivity index (χ3n) is 15.9. The van der Waals surface area contributed by atoms with Gasteiger partial charge in [0, 0.05) is 17.1 Å². The van der Waals surface area contributed by atoms with E-state index in [-0.39, 0.29) is 32.8 Å². The average Bonchev–Trinajstić information content (AvgIpc) is 3.94. The van der Waals surface area contributed by atoms with Crippen molar-refractivity contribution in [2.24, 2.45) is 0 Å². The maximum absolute atomic E-state index is 6.97. The summed E-state index contributed by atoms with van der Waals surface area (Å²) in [7, 11) is 46.2. The van der Waals surface area contributed by atoms with Crippen LogP contribution in [0, 0.1) is 0 Å². The van der Waals surface area contributed by atoms with E-state index in [2.05, 4.69) is 223 Å². The topological polar surface area (TPSA) is 3.24 Å². The van der Waals surface area contributed by atoms with Crippen molar-refractivity contribution in [3.05, 3.63) is 275 Å². The highest BCUT2D eigenvalue weighted by atomic mass is 15.1. The van der Waals surface area contributed by atoms with Gasteiger partial charge in [0.15, 0.2) is 0 Å². The molecule has 1 nitrogen and oxygen atoms in total. The van der Waals surface area contributed by atoms with Gasteiger partial charge < -0.3 is 4.90 Å². The molecule has 0 aromatic heterocycles. The fourth-order valence-corrected chi connectivity index (χ4v) is 12.6. The lowest BCUT2D eigenvalue weighted by Crippen LogP contribution is -2.52. The summed E-state index contributed by atoms with van der Waals surface area (Å²) in [4.78, 5) is 2.29. The fourth-order valence-electron chi connectivity index (χ4n) is 12.6. The Morgan fingerprint density at radius 1 is 0.243 bits per heavy atom. The SMILES string of the molecule is [B]c1c([B])c([B])c2c([B])c(-c3ccc(N(c4ccc(C5(c6ccccc6)c6ccccc6-c6ccccc65)cc4)c4ccc(C5(c6ccccc6)c6ccccc6-c6ccccc65)cc4)cc3)c([B])c([B])c2c1[B]. The summed E-state index contributed by atoms with van der Waals surface area (Å²) in [6, 6.07) is 83.3. The molecule has 0 bridgehead atoms. The summed E-state index contributed by atoms with van der Waals surface area (Å²) in [5.74, 6) is 0. The van der Waals surface area contributed by atoms with Gasteiger partial charge in [-0.25, -0.2) is 0 Å². The molecular weight excluding hydrogens is 882 g/mol. The molecule has 0 unspecified atom stereocenters. The van der Waals surface area contributed by atoms with E-state index in [0.717, 1.165) is 22.6 Å². The number of fused-ring (bicyclic) bond motifs is 7. The maximum atomic E-state index is 6.97. The van der Waals surface area contributed by atoms with E-state index in [1.54, 1.807) is 0 Å². The number of nitrogens with zero attached hydrogens (tertiary/aromatic N) is 1. The first kappa shape index (κ1) is 45.8. The first-order valence-corrected chi connectivity index (χ1v) is 24.8. The molecule has 11 aromatic rings. The molecule has 0 atom stereocenters. The van der Waals surface area contributed by atoms with E-state index < -0.39 is 10.8 Å². The van der Waals surface area contributed by atoms with Crippen molar-refractivity contribution in [2.45, 2.75) is 10.8 Å². The van der Waals surface area contributed by atoms with Crippen LogP contribution in [0.15, 0.2) is 231 Å². The monoisotopic (exact) mass is 921 g/mol. The van der Waals surface area contributed by atoms with Gasteiger partial charge in [-0.2, -0.15) is 0 Å².